The van der Waals surface area contributed by atoms with Gasteiger partial charge in [-0.1, -0.05) is 30.0 Å². The number of carbonyl (C=O) groups is 2. The molecule has 7 nitrogen and oxygen atoms in total. The molecule has 160 valence electrons. The van der Waals surface area contributed by atoms with Crippen LogP contribution < -0.4 is 10.6 Å². The van der Waals surface area contributed by atoms with E-state index < -0.39 is 5.92 Å². The third-order valence-corrected chi connectivity index (χ3v) is 5.44. The van der Waals surface area contributed by atoms with Gasteiger partial charge >= 0.3 is 5.97 Å². The lowest BCUT2D eigenvalue weighted by Crippen LogP contribution is -2.31. The molecular weight excluding hydrogens is 414 g/mol. The number of dihydropyridines is 1. The lowest BCUT2D eigenvalue weighted by molar-refractivity contribution is -0.144. The Morgan fingerprint density at radius 1 is 1.26 bits per heavy atom. The predicted octanol–water partition coefficient (Wildman–Crippen LogP) is 4.30. The summed E-state index contributed by atoms with van der Waals surface area (Å²) >= 11 is 1.17. The number of anilines is 1. The summed E-state index contributed by atoms with van der Waals surface area (Å²) in [7, 11) is 0. The van der Waals surface area contributed by atoms with Crippen LogP contribution in [0.2, 0.25) is 0 Å². The van der Waals surface area contributed by atoms with Crippen LogP contribution in [-0.4, -0.2) is 23.7 Å². The van der Waals surface area contributed by atoms with E-state index in [9.17, 15) is 14.9 Å². The summed E-state index contributed by atoms with van der Waals surface area (Å²) in [5.41, 5.74) is 1.91. The van der Waals surface area contributed by atoms with Gasteiger partial charge in [-0.3, -0.25) is 9.59 Å². The van der Waals surface area contributed by atoms with E-state index in [1.54, 1.807) is 45.0 Å². The number of nitriles is 1. The maximum atomic E-state index is 13.2. The van der Waals surface area contributed by atoms with Gasteiger partial charge in [0.25, 0.3) is 5.91 Å². The third-order valence-electron chi connectivity index (χ3n) is 4.45. The van der Waals surface area contributed by atoms with Crippen LogP contribution in [0.4, 0.5) is 5.69 Å². The summed E-state index contributed by atoms with van der Waals surface area (Å²) in [4.78, 5) is 25.2. The number of furan rings is 1. The smallest absolute Gasteiger partial charge is 0.316 e. The number of esters is 1. The number of hydrogen-bond donors (Lipinski definition) is 2. The molecule has 1 aliphatic heterocycles. The molecule has 8 heteroatoms. The number of hydrogen-bond acceptors (Lipinski definition) is 7. The number of allylic oxidation sites excluding steroid dienone is 2. The van der Waals surface area contributed by atoms with Crippen LogP contribution in [-0.2, 0) is 14.3 Å². The van der Waals surface area contributed by atoms with Gasteiger partial charge in [-0.2, -0.15) is 5.26 Å². The minimum Gasteiger partial charge on any atom is -0.468 e. The Morgan fingerprint density at radius 2 is 2.00 bits per heavy atom. The van der Waals surface area contributed by atoms with Gasteiger partial charge in [-0.25, -0.2) is 0 Å². The molecule has 1 amide bonds. The van der Waals surface area contributed by atoms with Crippen LogP contribution in [0.25, 0.3) is 0 Å². The summed E-state index contributed by atoms with van der Waals surface area (Å²) in [6, 6.07) is 14.7. The molecule has 0 bridgehead atoms. The maximum Gasteiger partial charge on any atom is 0.316 e. The molecule has 0 aliphatic carbocycles. The van der Waals surface area contributed by atoms with Crippen molar-refractivity contribution in [1.82, 2.24) is 5.32 Å². The molecule has 0 radical (unpaired) electrons. The van der Waals surface area contributed by atoms with E-state index in [0.717, 1.165) is 0 Å². The van der Waals surface area contributed by atoms with Crippen LogP contribution in [0.5, 0.6) is 0 Å². The summed E-state index contributed by atoms with van der Waals surface area (Å²) in [5, 5.41) is 16.4. The number of nitrogens with one attached hydrogen (secondary N) is 2. The van der Waals surface area contributed by atoms with E-state index in [1.165, 1.54) is 18.0 Å². The van der Waals surface area contributed by atoms with Gasteiger partial charge in [0.1, 0.15) is 5.76 Å². The lowest BCUT2D eigenvalue weighted by Gasteiger charge is -2.28. The topological polar surface area (TPSA) is 104 Å². The van der Waals surface area contributed by atoms with Crippen molar-refractivity contribution < 1.29 is 18.7 Å². The zero-order chi connectivity index (χ0) is 22.4. The average molecular weight is 438 g/mol. The van der Waals surface area contributed by atoms with Crippen molar-refractivity contribution in [1.29, 1.82) is 5.26 Å². The van der Waals surface area contributed by atoms with Crippen molar-refractivity contribution in [3.63, 3.8) is 0 Å². The van der Waals surface area contributed by atoms with Gasteiger partial charge < -0.3 is 19.8 Å². The van der Waals surface area contributed by atoms with E-state index in [0.29, 0.717) is 33.3 Å². The van der Waals surface area contributed by atoms with Gasteiger partial charge in [0.2, 0.25) is 0 Å². The van der Waals surface area contributed by atoms with Crippen molar-refractivity contribution >= 4 is 29.3 Å². The Hall–Kier alpha value is -3.44. The van der Waals surface area contributed by atoms with Crippen LogP contribution in [0.15, 0.2) is 75.0 Å². The molecule has 3 rings (SSSR count). The first kappa shape index (κ1) is 22.2. The number of rotatable bonds is 7. The SMILES string of the molecule is CC1=C(C(=O)Nc2ccccc2)[C@@H](c2ccco2)C(C#N)=C(SCC(=O)OC(C)C)N1. The number of nitrogens with zero attached hydrogens (tertiary/aromatic N) is 1. The minimum absolute atomic E-state index is 0.0371. The highest BCUT2D eigenvalue weighted by Crippen LogP contribution is 2.41. The fraction of sp³-hybridized carbons (Fsp3) is 0.261. The van der Waals surface area contributed by atoms with Crippen LogP contribution in [0, 0.1) is 11.3 Å². The molecular formula is C23H23N3O4S. The van der Waals surface area contributed by atoms with Gasteiger partial charge in [0.05, 0.1) is 46.3 Å². The molecule has 31 heavy (non-hydrogen) atoms. The number of carbonyl (C=O) groups excluding carboxylic acids is 2. The fourth-order valence-corrected chi connectivity index (χ4v) is 4.09. The van der Waals surface area contributed by atoms with Crippen molar-refractivity contribution in [3.05, 3.63) is 76.4 Å². The number of para-hydroxylation sites is 1. The molecule has 0 fully saturated rings. The normalized spacial score (nSPS) is 16.0. The standard InChI is InChI=1S/C23H23N3O4S/c1-14(2)30-19(27)13-31-23-17(12-24)21(18-10-7-11-29-18)20(15(3)25-23)22(28)26-16-8-5-4-6-9-16/h4-11,14,21,25H,13H2,1-3H3,(H,26,28)/t21-/m1/s1. The van der Waals surface area contributed by atoms with Gasteiger partial charge in [-0.15, -0.1) is 0 Å². The molecule has 2 aromatic rings. The van der Waals surface area contributed by atoms with Crippen LogP contribution in [0.1, 0.15) is 32.4 Å². The molecule has 0 saturated carbocycles. The van der Waals surface area contributed by atoms with Crippen molar-refractivity contribution in [2.24, 2.45) is 0 Å². The van der Waals surface area contributed by atoms with Crippen molar-refractivity contribution in [2.75, 3.05) is 11.1 Å². The Kier molecular flexibility index (Phi) is 7.21. The Morgan fingerprint density at radius 3 is 2.61 bits per heavy atom. The molecule has 2 N–H and O–H groups in total. The number of thioether (sulfide) groups is 1. The first-order chi connectivity index (χ1) is 14.9. The Bertz CT molecular complexity index is 1050. The first-order valence-electron chi connectivity index (χ1n) is 9.74. The quantitative estimate of drug-likeness (QED) is 0.622. The van der Waals surface area contributed by atoms with Crippen molar-refractivity contribution in [3.8, 4) is 6.07 Å². The van der Waals surface area contributed by atoms with E-state index in [2.05, 4.69) is 16.7 Å². The van der Waals surface area contributed by atoms with Crippen molar-refractivity contribution in [2.45, 2.75) is 32.8 Å². The van der Waals surface area contributed by atoms with Gasteiger partial charge in [0.15, 0.2) is 0 Å². The van der Waals surface area contributed by atoms with Crippen LogP contribution in [0.3, 0.4) is 0 Å². The van der Waals surface area contributed by atoms with E-state index in [4.69, 9.17) is 9.15 Å². The monoisotopic (exact) mass is 437 g/mol. The highest BCUT2D eigenvalue weighted by molar-refractivity contribution is 8.03. The molecule has 0 unspecified atom stereocenters. The summed E-state index contributed by atoms with van der Waals surface area (Å²) in [5.74, 6) is -0.911. The second-order valence-electron chi connectivity index (χ2n) is 7.11. The second kappa shape index (κ2) is 10.0. The molecule has 2 heterocycles. The fourth-order valence-electron chi connectivity index (χ4n) is 3.22. The molecule has 1 aromatic carbocycles. The highest BCUT2D eigenvalue weighted by Gasteiger charge is 2.36. The minimum atomic E-state index is -0.700. The van der Waals surface area contributed by atoms with E-state index >= 15 is 0 Å². The largest absolute Gasteiger partial charge is 0.468 e. The molecule has 1 atom stereocenters. The maximum absolute atomic E-state index is 13.2. The Balaban J connectivity index is 1.93. The zero-order valence-corrected chi connectivity index (χ0v) is 18.3. The average Bonchev–Trinajstić information content (AvgIpc) is 3.26. The zero-order valence-electron chi connectivity index (χ0n) is 17.5. The Labute approximate surface area is 185 Å². The highest BCUT2D eigenvalue weighted by atomic mass is 32.2. The molecule has 1 aliphatic rings. The lowest BCUT2D eigenvalue weighted by atomic mass is 9.85. The van der Waals surface area contributed by atoms with E-state index in [1.807, 2.05) is 18.2 Å². The third kappa shape index (κ3) is 5.38. The van der Waals surface area contributed by atoms with Gasteiger partial charge in [-0.05, 0) is 45.0 Å². The predicted molar refractivity (Wildman–Crippen MR) is 119 cm³/mol. The molecule has 1 aromatic heterocycles. The summed E-state index contributed by atoms with van der Waals surface area (Å²) in [6.07, 6.45) is 1.28. The molecule has 0 spiro atoms. The number of ether oxygens (including phenoxy) is 1. The number of benzene rings is 1. The van der Waals surface area contributed by atoms with Crippen LogP contribution >= 0.6 is 11.8 Å². The van der Waals surface area contributed by atoms with Gasteiger partial charge in [0, 0.05) is 11.4 Å². The summed E-state index contributed by atoms with van der Waals surface area (Å²) < 4.78 is 10.8. The first-order valence-corrected chi connectivity index (χ1v) is 10.7. The van der Waals surface area contributed by atoms with E-state index in [-0.39, 0.29) is 23.7 Å². The second-order valence-corrected chi connectivity index (χ2v) is 8.10. The molecule has 0 saturated heterocycles. The summed E-state index contributed by atoms with van der Waals surface area (Å²) in [6.45, 7) is 5.31. The number of amides is 1.